The molecule has 0 spiro atoms. The molecule has 1 heterocycles. The largest absolute Gasteiger partial charge is 0.200 e. The highest BCUT2D eigenvalue weighted by Crippen LogP contribution is 2.15. The third-order valence-corrected chi connectivity index (χ3v) is 2.43. The van der Waals surface area contributed by atoms with Crippen LogP contribution in [0.2, 0.25) is 0 Å². The summed E-state index contributed by atoms with van der Waals surface area (Å²) in [5, 5.41) is 11.0. The second kappa shape index (κ2) is 3.41. The van der Waals surface area contributed by atoms with E-state index in [1.807, 2.05) is 19.1 Å². The molecule has 1 aromatic heterocycles. The van der Waals surface area contributed by atoms with Gasteiger partial charge in [0.25, 0.3) is 0 Å². The van der Waals surface area contributed by atoms with Gasteiger partial charge < -0.3 is 0 Å². The monoisotopic (exact) mass is 286 g/mol. The lowest BCUT2D eigenvalue weighted by atomic mass is 10.2. The summed E-state index contributed by atoms with van der Waals surface area (Å²) in [7, 11) is 0. The highest BCUT2D eigenvalue weighted by Gasteiger charge is 2.01. The Morgan fingerprint density at radius 3 is 2.85 bits per heavy atom. The normalized spacial score (nSPS) is 10.3. The molecule has 0 radical (unpaired) electrons. The van der Waals surface area contributed by atoms with Crippen LogP contribution in [0.15, 0.2) is 24.5 Å². The molecule has 0 N–H and O–H groups in total. The Balaban J connectivity index is 2.53. The summed E-state index contributed by atoms with van der Waals surface area (Å²) in [4.78, 5) is 0. The first-order chi connectivity index (χ1) is 6.27. The molecule has 0 saturated heterocycles. The van der Waals surface area contributed by atoms with Crippen molar-refractivity contribution in [3.8, 4) is 5.69 Å². The molecular formula is C8H7IN4. The maximum atomic E-state index is 3.83. The molecule has 0 aliphatic carbocycles. The van der Waals surface area contributed by atoms with Gasteiger partial charge in [-0.3, -0.25) is 0 Å². The van der Waals surface area contributed by atoms with Crippen molar-refractivity contribution in [1.82, 2.24) is 20.2 Å². The van der Waals surface area contributed by atoms with Gasteiger partial charge in [-0.2, -0.15) is 0 Å². The summed E-state index contributed by atoms with van der Waals surface area (Å²) in [6.45, 7) is 2.04. The van der Waals surface area contributed by atoms with E-state index in [2.05, 4.69) is 44.2 Å². The molecule has 1 aromatic carbocycles. The van der Waals surface area contributed by atoms with Gasteiger partial charge in [0.05, 0.1) is 5.69 Å². The van der Waals surface area contributed by atoms with Crippen molar-refractivity contribution in [3.63, 3.8) is 0 Å². The Kier molecular flexibility index (Phi) is 2.26. The smallest absolute Gasteiger partial charge is 0.143 e. The van der Waals surface area contributed by atoms with E-state index in [0.29, 0.717) is 0 Å². The van der Waals surface area contributed by atoms with Crippen molar-refractivity contribution in [1.29, 1.82) is 0 Å². The Morgan fingerprint density at radius 2 is 2.23 bits per heavy atom. The van der Waals surface area contributed by atoms with E-state index < -0.39 is 0 Å². The van der Waals surface area contributed by atoms with E-state index in [9.17, 15) is 0 Å². The van der Waals surface area contributed by atoms with Gasteiger partial charge in [0, 0.05) is 3.57 Å². The van der Waals surface area contributed by atoms with Gasteiger partial charge in [0.1, 0.15) is 6.33 Å². The molecule has 0 bridgehead atoms. The second-order valence-electron chi connectivity index (χ2n) is 2.69. The van der Waals surface area contributed by atoms with Crippen LogP contribution in [0.5, 0.6) is 0 Å². The van der Waals surface area contributed by atoms with Gasteiger partial charge in [0.15, 0.2) is 0 Å². The molecule has 2 rings (SSSR count). The molecule has 13 heavy (non-hydrogen) atoms. The molecule has 2 aromatic rings. The van der Waals surface area contributed by atoms with Crippen LogP contribution in [-0.4, -0.2) is 20.2 Å². The van der Waals surface area contributed by atoms with Crippen LogP contribution in [0.25, 0.3) is 5.69 Å². The number of benzene rings is 1. The lowest BCUT2D eigenvalue weighted by Gasteiger charge is -2.03. The highest BCUT2D eigenvalue weighted by molar-refractivity contribution is 14.1. The predicted molar refractivity (Wildman–Crippen MR) is 56.6 cm³/mol. The van der Waals surface area contributed by atoms with Crippen molar-refractivity contribution in [2.24, 2.45) is 0 Å². The minimum absolute atomic E-state index is 1.02. The van der Waals surface area contributed by atoms with Crippen LogP contribution in [0, 0.1) is 10.5 Å². The first kappa shape index (κ1) is 8.61. The molecule has 4 nitrogen and oxygen atoms in total. The number of nitrogens with zero attached hydrogens (tertiary/aromatic N) is 4. The Hall–Kier alpha value is -0.980. The first-order valence-corrected chi connectivity index (χ1v) is 4.85. The van der Waals surface area contributed by atoms with Crippen LogP contribution in [-0.2, 0) is 0 Å². The number of tetrazole rings is 1. The van der Waals surface area contributed by atoms with Crippen molar-refractivity contribution < 1.29 is 0 Å². The number of halogens is 1. The number of hydrogen-bond acceptors (Lipinski definition) is 3. The van der Waals surface area contributed by atoms with Crippen molar-refractivity contribution in [3.05, 3.63) is 33.7 Å². The fourth-order valence-electron chi connectivity index (χ4n) is 1.15. The summed E-state index contributed by atoms with van der Waals surface area (Å²) in [6.07, 6.45) is 1.59. The van der Waals surface area contributed by atoms with Crippen molar-refractivity contribution in [2.75, 3.05) is 0 Å². The number of aryl methyl sites for hydroxylation is 1. The number of aromatic nitrogens is 4. The molecular weight excluding hydrogens is 279 g/mol. The van der Waals surface area contributed by atoms with Gasteiger partial charge in [-0.1, -0.05) is 0 Å². The highest BCUT2D eigenvalue weighted by atomic mass is 127. The Morgan fingerprint density at radius 1 is 1.38 bits per heavy atom. The van der Waals surface area contributed by atoms with Gasteiger partial charge in [-0.15, -0.1) is 5.10 Å². The van der Waals surface area contributed by atoms with Crippen molar-refractivity contribution in [2.45, 2.75) is 6.92 Å². The van der Waals surface area contributed by atoms with E-state index in [4.69, 9.17) is 0 Å². The first-order valence-electron chi connectivity index (χ1n) is 3.77. The predicted octanol–water partition coefficient (Wildman–Crippen LogP) is 1.58. The minimum Gasteiger partial charge on any atom is -0.200 e. The number of hydrogen-bond donors (Lipinski definition) is 0. The SMILES string of the molecule is Cc1cc(I)ccc1-n1cnnn1. The minimum atomic E-state index is 1.02. The van der Waals surface area contributed by atoms with Crippen molar-refractivity contribution >= 4 is 22.6 Å². The molecule has 0 saturated carbocycles. The maximum Gasteiger partial charge on any atom is 0.143 e. The zero-order valence-electron chi connectivity index (χ0n) is 6.98. The molecule has 0 unspecified atom stereocenters. The summed E-state index contributed by atoms with van der Waals surface area (Å²) in [5.74, 6) is 0. The fraction of sp³-hybridized carbons (Fsp3) is 0.125. The van der Waals surface area contributed by atoms with E-state index in [1.165, 1.54) is 9.13 Å². The zero-order valence-corrected chi connectivity index (χ0v) is 9.13. The average Bonchev–Trinajstić information content (AvgIpc) is 2.56. The lowest BCUT2D eigenvalue weighted by molar-refractivity contribution is 0.785. The maximum absolute atomic E-state index is 3.83. The molecule has 66 valence electrons. The number of rotatable bonds is 1. The van der Waals surface area contributed by atoms with Crippen LogP contribution in [0.3, 0.4) is 0 Å². The van der Waals surface area contributed by atoms with Gasteiger partial charge in [-0.05, 0) is 63.7 Å². The summed E-state index contributed by atoms with van der Waals surface area (Å²) < 4.78 is 2.87. The van der Waals surface area contributed by atoms with Crippen LogP contribution >= 0.6 is 22.6 Å². The van der Waals surface area contributed by atoms with Gasteiger partial charge in [0.2, 0.25) is 0 Å². The van der Waals surface area contributed by atoms with Gasteiger partial charge >= 0.3 is 0 Å². The van der Waals surface area contributed by atoms with E-state index in [0.717, 1.165) is 5.69 Å². The molecule has 0 aliphatic rings. The van der Waals surface area contributed by atoms with Gasteiger partial charge in [-0.25, -0.2) is 4.68 Å². The molecule has 0 amide bonds. The van der Waals surface area contributed by atoms with E-state index in [-0.39, 0.29) is 0 Å². The molecule has 0 aliphatic heterocycles. The zero-order chi connectivity index (χ0) is 9.26. The molecule has 0 atom stereocenters. The standard InChI is InChI=1S/C8H7IN4/c1-6-4-7(9)2-3-8(6)13-5-10-11-12-13/h2-5H,1H3. The average molecular weight is 286 g/mol. The van der Waals surface area contributed by atoms with E-state index in [1.54, 1.807) is 11.0 Å². The topological polar surface area (TPSA) is 43.6 Å². The van der Waals surface area contributed by atoms with Crippen LogP contribution in [0.4, 0.5) is 0 Å². The Bertz CT molecular complexity index is 410. The van der Waals surface area contributed by atoms with Crippen LogP contribution < -0.4 is 0 Å². The summed E-state index contributed by atoms with van der Waals surface area (Å²) in [5.41, 5.74) is 2.18. The van der Waals surface area contributed by atoms with E-state index >= 15 is 0 Å². The third-order valence-electron chi connectivity index (χ3n) is 1.75. The van der Waals surface area contributed by atoms with Crippen LogP contribution in [0.1, 0.15) is 5.56 Å². The molecule has 5 heteroatoms. The third kappa shape index (κ3) is 1.69. The summed E-state index contributed by atoms with van der Waals surface area (Å²) >= 11 is 2.28. The fourth-order valence-corrected chi connectivity index (χ4v) is 1.79. The Labute approximate surface area is 89.1 Å². The lowest BCUT2D eigenvalue weighted by Crippen LogP contribution is -1.97. The second-order valence-corrected chi connectivity index (χ2v) is 3.93. The molecule has 0 fully saturated rings. The summed E-state index contributed by atoms with van der Waals surface area (Å²) in [6, 6.07) is 6.13. The quantitative estimate of drug-likeness (QED) is 0.747.